The Morgan fingerprint density at radius 2 is 2.31 bits per heavy atom. The quantitative estimate of drug-likeness (QED) is 0.560. The van der Waals surface area contributed by atoms with E-state index >= 15 is 0 Å². The van der Waals surface area contributed by atoms with Crippen molar-refractivity contribution in [1.29, 1.82) is 0 Å². The number of piperidine rings is 1. The molecule has 2 aromatic rings. The second kappa shape index (κ2) is 6.30. The zero-order valence-electron chi connectivity index (χ0n) is 13.8. The number of aromatic amines is 1. The lowest BCUT2D eigenvalue weighted by atomic mass is 10.1. The van der Waals surface area contributed by atoms with Crippen molar-refractivity contribution in [2.24, 2.45) is 0 Å². The highest BCUT2D eigenvalue weighted by atomic mass is 16.5. The number of hydrogen-bond acceptors (Lipinski definition) is 6. The third-order valence-electron chi connectivity index (χ3n) is 4.54. The third kappa shape index (κ3) is 2.74. The number of carboxylic acids is 1. The molecule has 2 aliphatic rings. The number of carbonyl (C=O) groups excluding carboxylic acids is 1. The van der Waals surface area contributed by atoms with Crippen LogP contribution in [0.4, 0.5) is 0 Å². The Balaban J connectivity index is 1.70. The molecule has 3 N–H and O–H groups in total. The van der Waals surface area contributed by atoms with Crippen LogP contribution < -0.4 is 0 Å². The fourth-order valence-corrected chi connectivity index (χ4v) is 3.31. The van der Waals surface area contributed by atoms with E-state index in [9.17, 15) is 19.8 Å². The normalized spacial score (nSPS) is 22.3. The Morgan fingerprint density at radius 1 is 1.46 bits per heavy atom. The van der Waals surface area contributed by atoms with Gasteiger partial charge >= 0.3 is 5.97 Å². The fourth-order valence-electron chi connectivity index (χ4n) is 3.31. The van der Waals surface area contributed by atoms with Gasteiger partial charge in [0.25, 0.3) is 0 Å². The van der Waals surface area contributed by atoms with Gasteiger partial charge in [-0.3, -0.25) is 4.79 Å². The molecule has 0 bridgehead atoms. The van der Waals surface area contributed by atoms with Crippen LogP contribution in [0.15, 0.2) is 41.7 Å². The maximum Gasteiger partial charge on any atom is 0.345 e. The van der Waals surface area contributed by atoms with E-state index < -0.39 is 23.4 Å². The molecule has 2 aromatic heterocycles. The first-order valence-corrected chi connectivity index (χ1v) is 8.31. The van der Waals surface area contributed by atoms with Gasteiger partial charge in [-0.1, -0.05) is 0 Å². The number of hydrogen-bond donors (Lipinski definition) is 3. The third-order valence-corrected chi connectivity index (χ3v) is 4.54. The van der Waals surface area contributed by atoms with Gasteiger partial charge in [-0.25, -0.2) is 9.78 Å². The maximum atomic E-state index is 12.6. The molecule has 0 aliphatic carbocycles. The summed E-state index contributed by atoms with van der Waals surface area (Å²) < 4.78 is 5.65. The minimum Gasteiger partial charge on any atom is -0.477 e. The standard InChI is InChI=1S/C18H17N3O5/c22-11-3-2-6-21(9-11)17-14(18(24)25)15(23)13(26-17)7-10-8-20-16-12(10)4-1-5-19-16/h1,4-5,7-8,11,22H,2-3,6,9H2,(H,19,20)(H,24,25). The van der Waals surface area contributed by atoms with Crippen LogP contribution in [0.25, 0.3) is 17.1 Å². The monoisotopic (exact) mass is 355 g/mol. The lowest BCUT2D eigenvalue weighted by Crippen LogP contribution is -2.38. The molecule has 1 unspecified atom stereocenters. The molecule has 4 rings (SSSR count). The number of nitrogens with one attached hydrogen (secondary N) is 1. The molecule has 8 heteroatoms. The minimum absolute atomic E-state index is 0.00506. The number of nitrogens with zero attached hydrogens (tertiary/aromatic N) is 2. The number of β-amino-alcohol motifs (C(OH)–C–C–N with tert-alkyl or cyclic N) is 1. The van der Waals surface area contributed by atoms with Crippen molar-refractivity contribution < 1.29 is 24.5 Å². The van der Waals surface area contributed by atoms with Gasteiger partial charge in [0.2, 0.25) is 11.7 Å². The molecule has 134 valence electrons. The second-order valence-corrected chi connectivity index (χ2v) is 6.31. The average Bonchev–Trinajstić information content (AvgIpc) is 3.17. The van der Waals surface area contributed by atoms with E-state index in [2.05, 4.69) is 9.97 Å². The molecule has 0 aromatic carbocycles. The van der Waals surface area contributed by atoms with Crippen molar-refractivity contribution >= 4 is 28.9 Å². The second-order valence-electron chi connectivity index (χ2n) is 6.31. The minimum atomic E-state index is -1.34. The first kappa shape index (κ1) is 16.3. The fraction of sp³-hybridized carbons (Fsp3) is 0.278. The molecule has 1 fully saturated rings. The molecule has 2 aliphatic heterocycles. The number of aliphatic hydroxyl groups excluding tert-OH is 1. The predicted octanol–water partition coefficient (Wildman–Crippen LogP) is 1.26. The summed E-state index contributed by atoms with van der Waals surface area (Å²) in [5.41, 5.74) is 0.944. The summed E-state index contributed by atoms with van der Waals surface area (Å²) in [5, 5.41) is 20.1. The van der Waals surface area contributed by atoms with E-state index in [0.717, 1.165) is 5.39 Å². The Kier molecular flexibility index (Phi) is 3.96. The van der Waals surface area contributed by atoms with Crippen LogP contribution in [-0.4, -0.2) is 56.0 Å². The molecule has 8 nitrogen and oxygen atoms in total. The number of H-pyrrole nitrogens is 1. The number of pyridine rings is 1. The van der Waals surface area contributed by atoms with Gasteiger partial charge in [0, 0.05) is 36.4 Å². The van der Waals surface area contributed by atoms with Crippen LogP contribution in [0.2, 0.25) is 0 Å². The van der Waals surface area contributed by atoms with Crippen LogP contribution in [0, 0.1) is 0 Å². The molecule has 4 heterocycles. The number of Topliss-reactive ketones (excluding diaryl/α,β-unsaturated/α-hetero) is 1. The van der Waals surface area contributed by atoms with Crippen LogP contribution in [-0.2, 0) is 14.3 Å². The Labute approximate surface area is 148 Å². The van der Waals surface area contributed by atoms with E-state index in [1.165, 1.54) is 6.08 Å². The number of carboxylic acid groups (broad SMARTS) is 1. The van der Waals surface area contributed by atoms with Crippen molar-refractivity contribution in [3.8, 4) is 0 Å². The molecular weight excluding hydrogens is 338 g/mol. The van der Waals surface area contributed by atoms with Crippen LogP contribution in [0.3, 0.4) is 0 Å². The molecule has 0 saturated carbocycles. The predicted molar refractivity (Wildman–Crippen MR) is 91.6 cm³/mol. The number of ether oxygens (including phenoxy) is 1. The van der Waals surface area contributed by atoms with Crippen molar-refractivity contribution in [1.82, 2.24) is 14.9 Å². The molecule has 0 spiro atoms. The largest absolute Gasteiger partial charge is 0.477 e. The topological polar surface area (TPSA) is 116 Å². The van der Waals surface area contributed by atoms with Crippen molar-refractivity contribution in [3.63, 3.8) is 0 Å². The molecule has 1 atom stereocenters. The van der Waals surface area contributed by atoms with Crippen molar-refractivity contribution in [2.45, 2.75) is 18.9 Å². The Bertz CT molecular complexity index is 959. The van der Waals surface area contributed by atoms with Gasteiger partial charge in [-0.05, 0) is 31.1 Å². The average molecular weight is 355 g/mol. The molecule has 26 heavy (non-hydrogen) atoms. The van der Waals surface area contributed by atoms with Gasteiger partial charge in [0.05, 0.1) is 6.10 Å². The van der Waals surface area contributed by atoms with Gasteiger partial charge in [-0.15, -0.1) is 0 Å². The van der Waals surface area contributed by atoms with E-state index in [-0.39, 0.29) is 18.2 Å². The highest BCUT2D eigenvalue weighted by Crippen LogP contribution is 2.32. The van der Waals surface area contributed by atoms with E-state index in [0.29, 0.717) is 30.6 Å². The van der Waals surface area contributed by atoms with E-state index in [4.69, 9.17) is 4.74 Å². The number of ketones is 1. The maximum absolute atomic E-state index is 12.6. The summed E-state index contributed by atoms with van der Waals surface area (Å²) in [6, 6.07) is 3.62. The van der Waals surface area contributed by atoms with Gasteiger partial charge in [0.15, 0.2) is 11.3 Å². The SMILES string of the molecule is O=C(O)C1=C(N2CCCC(O)C2)OC(=Cc2c[nH]c3ncccc23)C1=O. The molecule has 1 saturated heterocycles. The van der Waals surface area contributed by atoms with E-state index in [1.54, 1.807) is 23.4 Å². The lowest BCUT2D eigenvalue weighted by Gasteiger charge is -2.31. The first-order valence-electron chi connectivity index (χ1n) is 8.31. The summed E-state index contributed by atoms with van der Waals surface area (Å²) in [6.45, 7) is 0.768. The van der Waals surface area contributed by atoms with Crippen molar-refractivity contribution in [3.05, 3.63) is 47.3 Å². The smallest absolute Gasteiger partial charge is 0.345 e. The molecule has 0 amide bonds. The molecule has 0 radical (unpaired) electrons. The number of rotatable bonds is 3. The summed E-state index contributed by atoms with van der Waals surface area (Å²) in [6.07, 6.45) is 5.62. The van der Waals surface area contributed by atoms with Crippen LogP contribution in [0.1, 0.15) is 18.4 Å². The summed E-state index contributed by atoms with van der Waals surface area (Å²) in [7, 11) is 0. The Morgan fingerprint density at radius 3 is 3.08 bits per heavy atom. The number of aliphatic carboxylic acids is 1. The van der Waals surface area contributed by atoms with Gasteiger partial charge in [0.1, 0.15) is 5.65 Å². The number of aliphatic hydroxyl groups is 1. The highest BCUT2D eigenvalue weighted by molar-refractivity contribution is 6.26. The molecular formula is C18H17N3O5. The van der Waals surface area contributed by atoms with Gasteiger partial charge in [-0.2, -0.15) is 0 Å². The number of likely N-dealkylation sites (tertiary alicyclic amines) is 1. The van der Waals surface area contributed by atoms with E-state index in [1.807, 2.05) is 6.07 Å². The number of fused-ring (bicyclic) bond motifs is 1. The van der Waals surface area contributed by atoms with Crippen molar-refractivity contribution in [2.75, 3.05) is 13.1 Å². The summed E-state index contributed by atoms with van der Waals surface area (Å²) in [5.74, 6) is -2.06. The lowest BCUT2D eigenvalue weighted by molar-refractivity contribution is -0.134. The summed E-state index contributed by atoms with van der Waals surface area (Å²) >= 11 is 0. The van der Waals surface area contributed by atoms with Crippen LogP contribution >= 0.6 is 0 Å². The first-order chi connectivity index (χ1) is 12.5. The van der Waals surface area contributed by atoms with Crippen LogP contribution in [0.5, 0.6) is 0 Å². The van der Waals surface area contributed by atoms with Gasteiger partial charge < -0.3 is 24.8 Å². The zero-order valence-corrected chi connectivity index (χ0v) is 13.8. The summed E-state index contributed by atoms with van der Waals surface area (Å²) in [4.78, 5) is 33.0. The zero-order chi connectivity index (χ0) is 18.3. The number of aromatic nitrogens is 2. The number of carbonyl (C=O) groups is 2. The number of allylic oxidation sites excluding steroid dienone is 1. The highest BCUT2D eigenvalue weighted by Gasteiger charge is 2.39. The Hall–Kier alpha value is -3.13.